The zero-order valence-corrected chi connectivity index (χ0v) is 11.2. The van der Waals surface area contributed by atoms with Gasteiger partial charge in [0.15, 0.2) is 0 Å². The van der Waals surface area contributed by atoms with Gasteiger partial charge in [-0.2, -0.15) is 0 Å². The minimum absolute atomic E-state index is 0.478. The Balaban J connectivity index is 1.88. The molecule has 0 aliphatic rings. The lowest BCUT2D eigenvalue weighted by Gasteiger charge is -2.05. The number of H-pyrrole nitrogens is 1. The first-order valence-corrected chi connectivity index (χ1v) is 6.60. The number of nitrogens with zero attached hydrogens (tertiary/aromatic N) is 2. The molecule has 3 nitrogen and oxygen atoms in total. The Labute approximate surface area is 112 Å². The monoisotopic (exact) mass is 251 g/mol. The first-order valence-electron chi connectivity index (χ1n) is 6.60. The van der Waals surface area contributed by atoms with Gasteiger partial charge in [0.05, 0.1) is 0 Å². The third kappa shape index (κ3) is 2.36. The Bertz CT molecular complexity index is 681. The highest BCUT2D eigenvalue weighted by atomic mass is 14.8. The van der Waals surface area contributed by atoms with Crippen LogP contribution in [0.5, 0.6) is 0 Å². The van der Waals surface area contributed by atoms with Crippen LogP contribution in [0.3, 0.4) is 0 Å². The maximum Gasteiger partial charge on any atom is 0.137 e. The summed E-state index contributed by atoms with van der Waals surface area (Å²) in [5.74, 6) is 0.478. The van der Waals surface area contributed by atoms with Crippen LogP contribution >= 0.6 is 0 Å². The van der Waals surface area contributed by atoms with Gasteiger partial charge in [0.25, 0.3) is 0 Å². The van der Waals surface area contributed by atoms with E-state index in [0.29, 0.717) is 5.92 Å². The molecule has 3 rings (SSSR count). The Kier molecular flexibility index (Phi) is 3.03. The van der Waals surface area contributed by atoms with Crippen LogP contribution in [-0.4, -0.2) is 15.0 Å². The minimum atomic E-state index is 0.478. The molecule has 3 heterocycles. The first kappa shape index (κ1) is 11.9. The highest BCUT2D eigenvalue weighted by molar-refractivity contribution is 5.79. The molecule has 3 heteroatoms. The quantitative estimate of drug-likeness (QED) is 0.771. The number of nitrogens with one attached hydrogen (secondary N) is 1. The number of hydrogen-bond acceptors (Lipinski definition) is 2. The van der Waals surface area contributed by atoms with E-state index in [0.717, 1.165) is 17.8 Å². The fourth-order valence-electron chi connectivity index (χ4n) is 2.26. The molecule has 0 bridgehead atoms. The van der Waals surface area contributed by atoms with Crippen molar-refractivity contribution in [3.05, 3.63) is 59.7 Å². The summed E-state index contributed by atoms with van der Waals surface area (Å²) in [5, 5.41) is 1.19. The number of aromatic nitrogens is 3. The average Bonchev–Trinajstić information content (AvgIpc) is 2.83. The van der Waals surface area contributed by atoms with Crippen molar-refractivity contribution in [1.82, 2.24) is 15.0 Å². The highest BCUT2D eigenvalue weighted by Crippen LogP contribution is 2.19. The van der Waals surface area contributed by atoms with Crippen LogP contribution in [0.1, 0.15) is 36.6 Å². The molecular formula is C16H17N3. The van der Waals surface area contributed by atoms with E-state index in [2.05, 4.69) is 47.0 Å². The van der Waals surface area contributed by atoms with Gasteiger partial charge in [-0.15, -0.1) is 0 Å². The highest BCUT2D eigenvalue weighted by Gasteiger charge is 2.06. The molecule has 0 spiro atoms. The summed E-state index contributed by atoms with van der Waals surface area (Å²) in [4.78, 5) is 12.0. The van der Waals surface area contributed by atoms with E-state index >= 15 is 0 Å². The molecule has 0 radical (unpaired) electrons. The van der Waals surface area contributed by atoms with Gasteiger partial charge in [0, 0.05) is 36.1 Å². The second kappa shape index (κ2) is 4.84. The van der Waals surface area contributed by atoms with Gasteiger partial charge in [-0.1, -0.05) is 19.9 Å². The molecule has 0 aliphatic heterocycles. The van der Waals surface area contributed by atoms with Gasteiger partial charge >= 0.3 is 0 Å². The van der Waals surface area contributed by atoms with Gasteiger partial charge in [-0.25, -0.2) is 4.98 Å². The normalized spacial score (nSPS) is 11.3. The number of hydrogen-bond donors (Lipinski definition) is 1. The van der Waals surface area contributed by atoms with Crippen molar-refractivity contribution in [2.75, 3.05) is 0 Å². The third-order valence-electron chi connectivity index (χ3n) is 3.37. The SMILES string of the molecule is CC(C)c1ccc(Cc2c[nH]c3ncccc23)cn1. The lowest BCUT2D eigenvalue weighted by molar-refractivity contribution is 0.819. The molecule has 96 valence electrons. The standard InChI is InChI=1S/C16H17N3/c1-11(2)15-6-5-12(9-18-15)8-13-10-19-16-14(13)4-3-7-17-16/h3-7,9-11H,8H2,1-2H3,(H,17,19). The van der Waals surface area contributed by atoms with Crippen LogP contribution in [0.2, 0.25) is 0 Å². The van der Waals surface area contributed by atoms with Crippen LogP contribution in [0.25, 0.3) is 11.0 Å². The second-order valence-corrected chi connectivity index (χ2v) is 5.14. The zero-order chi connectivity index (χ0) is 13.2. The van der Waals surface area contributed by atoms with Crippen molar-refractivity contribution in [1.29, 1.82) is 0 Å². The average molecular weight is 251 g/mol. The van der Waals surface area contributed by atoms with E-state index in [1.54, 1.807) is 0 Å². The van der Waals surface area contributed by atoms with Crippen molar-refractivity contribution in [3.8, 4) is 0 Å². The summed E-state index contributed by atoms with van der Waals surface area (Å²) in [6, 6.07) is 8.36. The van der Waals surface area contributed by atoms with E-state index in [1.807, 2.05) is 24.7 Å². The number of fused-ring (bicyclic) bond motifs is 1. The Hall–Kier alpha value is -2.16. The van der Waals surface area contributed by atoms with Crippen molar-refractivity contribution in [2.24, 2.45) is 0 Å². The Morgan fingerprint density at radius 1 is 1.16 bits per heavy atom. The molecule has 0 saturated heterocycles. The van der Waals surface area contributed by atoms with Crippen LogP contribution < -0.4 is 0 Å². The molecule has 0 aromatic carbocycles. The fraction of sp³-hybridized carbons (Fsp3) is 0.250. The molecule has 1 N–H and O–H groups in total. The van der Waals surface area contributed by atoms with Crippen molar-refractivity contribution in [3.63, 3.8) is 0 Å². The minimum Gasteiger partial charge on any atom is -0.346 e. The predicted molar refractivity (Wildman–Crippen MR) is 77.2 cm³/mol. The summed E-state index contributed by atoms with van der Waals surface area (Å²) in [5.41, 5.74) is 4.59. The van der Waals surface area contributed by atoms with Crippen LogP contribution in [-0.2, 0) is 6.42 Å². The lowest BCUT2D eigenvalue weighted by atomic mass is 10.0. The Morgan fingerprint density at radius 3 is 2.79 bits per heavy atom. The van der Waals surface area contributed by atoms with Gasteiger partial charge in [-0.05, 0) is 35.2 Å². The van der Waals surface area contributed by atoms with Crippen LogP contribution in [0, 0.1) is 0 Å². The maximum atomic E-state index is 4.51. The predicted octanol–water partition coefficient (Wildman–Crippen LogP) is 3.67. The van der Waals surface area contributed by atoms with Crippen LogP contribution in [0.4, 0.5) is 0 Å². The molecule has 0 atom stereocenters. The van der Waals surface area contributed by atoms with Crippen molar-refractivity contribution < 1.29 is 0 Å². The smallest absolute Gasteiger partial charge is 0.137 e. The van der Waals surface area contributed by atoms with Gasteiger partial charge < -0.3 is 4.98 Å². The zero-order valence-electron chi connectivity index (χ0n) is 11.2. The molecule has 0 unspecified atom stereocenters. The fourth-order valence-corrected chi connectivity index (χ4v) is 2.26. The molecule has 0 fully saturated rings. The van der Waals surface area contributed by atoms with Gasteiger partial charge in [-0.3, -0.25) is 4.98 Å². The third-order valence-corrected chi connectivity index (χ3v) is 3.37. The largest absolute Gasteiger partial charge is 0.346 e. The molecule has 19 heavy (non-hydrogen) atoms. The van der Waals surface area contributed by atoms with E-state index in [9.17, 15) is 0 Å². The number of pyridine rings is 2. The van der Waals surface area contributed by atoms with E-state index < -0.39 is 0 Å². The summed E-state index contributed by atoms with van der Waals surface area (Å²) in [6.45, 7) is 4.32. The van der Waals surface area contributed by atoms with Crippen molar-refractivity contribution in [2.45, 2.75) is 26.2 Å². The summed E-state index contributed by atoms with van der Waals surface area (Å²) in [6.07, 6.45) is 6.71. The molecular weight excluding hydrogens is 234 g/mol. The summed E-state index contributed by atoms with van der Waals surface area (Å²) < 4.78 is 0. The molecule has 3 aromatic rings. The summed E-state index contributed by atoms with van der Waals surface area (Å²) >= 11 is 0. The molecule has 0 saturated carbocycles. The van der Waals surface area contributed by atoms with Crippen molar-refractivity contribution >= 4 is 11.0 Å². The topological polar surface area (TPSA) is 41.6 Å². The number of aromatic amines is 1. The maximum absolute atomic E-state index is 4.51. The molecule has 0 amide bonds. The lowest BCUT2D eigenvalue weighted by Crippen LogP contribution is -1.94. The molecule has 0 aliphatic carbocycles. The number of rotatable bonds is 3. The van der Waals surface area contributed by atoms with Gasteiger partial charge in [0.2, 0.25) is 0 Å². The van der Waals surface area contributed by atoms with Crippen LogP contribution in [0.15, 0.2) is 42.9 Å². The second-order valence-electron chi connectivity index (χ2n) is 5.14. The van der Waals surface area contributed by atoms with E-state index in [-0.39, 0.29) is 0 Å². The van der Waals surface area contributed by atoms with E-state index in [4.69, 9.17) is 0 Å². The summed E-state index contributed by atoms with van der Waals surface area (Å²) in [7, 11) is 0. The van der Waals surface area contributed by atoms with Gasteiger partial charge in [0.1, 0.15) is 5.65 Å². The Morgan fingerprint density at radius 2 is 2.05 bits per heavy atom. The van der Waals surface area contributed by atoms with E-state index in [1.165, 1.54) is 16.5 Å². The first-order chi connectivity index (χ1) is 9.24. The molecule has 3 aromatic heterocycles.